The van der Waals surface area contributed by atoms with E-state index in [1.165, 1.54) is 0 Å². The van der Waals surface area contributed by atoms with Crippen LogP contribution in [0, 0.1) is 0 Å². The van der Waals surface area contributed by atoms with Crippen molar-refractivity contribution in [3.8, 4) is 0 Å². The van der Waals surface area contributed by atoms with Gasteiger partial charge in [-0.2, -0.15) is 0 Å². The fourth-order valence-electron chi connectivity index (χ4n) is 0.724. The van der Waals surface area contributed by atoms with Gasteiger partial charge in [0.1, 0.15) is 0 Å². The maximum absolute atomic E-state index is 9.51. The number of carbonyl (C=O) groups is 2. The van der Waals surface area contributed by atoms with E-state index in [4.69, 9.17) is 0 Å². The predicted molar refractivity (Wildman–Crippen MR) is 68.7 cm³/mol. The molecule has 2 amide bonds. The van der Waals surface area contributed by atoms with Gasteiger partial charge in [0, 0.05) is 24.8 Å². The lowest BCUT2D eigenvalue weighted by Gasteiger charge is -1.87. The first kappa shape index (κ1) is 16.0. The molecule has 0 unspecified atom stereocenters. The van der Waals surface area contributed by atoms with Gasteiger partial charge in [-0.1, -0.05) is 12.1 Å². The molecule has 2 aromatic rings. The summed E-state index contributed by atoms with van der Waals surface area (Å²) >= 11 is 0. The van der Waals surface area contributed by atoms with Crippen molar-refractivity contribution in [2.24, 2.45) is 11.5 Å². The Morgan fingerprint density at radius 3 is 1.05 bits per heavy atom. The SMILES string of the molecule is NC(=O)OC(N)=O.c1ccncc1.c1ccncc1. The maximum atomic E-state index is 9.51. The number of nitrogens with two attached hydrogens (primary N) is 2. The second-order valence-corrected chi connectivity index (χ2v) is 2.79. The molecule has 0 aromatic carbocycles. The van der Waals surface area contributed by atoms with Gasteiger partial charge in [0.05, 0.1) is 0 Å². The summed E-state index contributed by atoms with van der Waals surface area (Å²) < 4.78 is 3.53. The molecule has 2 rings (SSSR count). The molecule has 4 N–H and O–H groups in total. The lowest BCUT2D eigenvalue weighted by atomic mass is 10.5. The van der Waals surface area contributed by atoms with Crippen molar-refractivity contribution >= 4 is 12.2 Å². The van der Waals surface area contributed by atoms with E-state index >= 15 is 0 Å². The Kier molecular flexibility index (Phi) is 9.73. The van der Waals surface area contributed by atoms with Crippen LogP contribution in [0.2, 0.25) is 0 Å². The summed E-state index contributed by atoms with van der Waals surface area (Å²) in [7, 11) is 0. The number of primary amides is 2. The maximum Gasteiger partial charge on any atom is 0.413 e. The minimum Gasteiger partial charge on any atom is -0.360 e. The molecule has 19 heavy (non-hydrogen) atoms. The van der Waals surface area contributed by atoms with E-state index in [-0.39, 0.29) is 0 Å². The van der Waals surface area contributed by atoms with Crippen LogP contribution in [0.5, 0.6) is 0 Å². The predicted octanol–water partition coefficient (Wildman–Crippen LogP) is 1.32. The number of rotatable bonds is 0. The molecule has 2 aromatic heterocycles. The van der Waals surface area contributed by atoms with E-state index in [1.54, 1.807) is 24.8 Å². The Morgan fingerprint density at radius 2 is 1.00 bits per heavy atom. The average Bonchev–Trinajstić information content (AvgIpc) is 2.42. The van der Waals surface area contributed by atoms with Crippen LogP contribution in [0.15, 0.2) is 61.2 Å². The first-order valence-electron chi connectivity index (χ1n) is 5.09. The zero-order valence-electron chi connectivity index (χ0n) is 10.0. The minimum atomic E-state index is -1.19. The van der Waals surface area contributed by atoms with Gasteiger partial charge >= 0.3 is 12.2 Å². The van der Waals surface area contributed by atoms with Crippen molar-refractivity contribution in [2.75, 3.05) is 0 Å². The molecular formula is C12H14N4O3. The molecule has 0 aliphatic rings. The number of hydrogen-bond donors (Lipinski definition) is 2. The van der Waals surface area contributed by atoms with Crippen LogP contribution in [-0.2, 0) is 4.74 Å². The largest absolute Gasteiger partial charge is 0.413 e. The van der Waals surface area contributed by atoms with Gasteiger partial charge < -0.3 is 16.2 Å². The molecule has 0 saturated carbocycles. The van der Waals surface area contributed by atoms with Crippen molar-refractivity contribution in [3.63, 3.8) is 0 Å². The number of ether oxygens (including phenoxy) is 1. The quantitative estimate of drug-likeness (QED) is 0.693. The van der Waals surface area contributed by atoms with Crippen LogP contribution in [0.1, 0.15) is 0 Å². The number of amides is 2. The second kappa shape index (κ2) is 11.5. The number of aromatic nitrogens is 2. The highest BCUT2D eigenvalue weighted by Gasteiger charge is 1.95. The third kappa shape index (κ3) is 15.0. The summed E-state index contributed by atoms with van der Waals surface area (Å²) in [6, 6.07) is 11.4. The normalized spacial score (nSPS) is 7.79. The van der Waals surface area contributed by atoms with Crippen molar-refractivity contribution in [2.45, 2.75) is 0 Å². The molecule has 7 heteroatoms. The molecular weight excluding hydrogens is 248 g/mol. The Labute approximate surface area is 110 Å². The lowest BCUT2D eigenvalue weighted by molar-refractivity contribution is 0.164. The van der Waals surface area contributed by atoms with Crippen molar-refractivity contribution in [1.82, 2.24) is 9.97 Å². The summed E-state index contributed by atoms with van der Waals surface area (Å²) in [5, 5.41) is 0. The van der Waals surface area contributed by atoms with E-state index in [0.717, 1.165) is 0 Å². The molecule has 0 radical (unpaired) electrons. The zero-order chi connectivity index (χ0) is 14.3. The smallest absolute Gasteiger partial charge is 0.360 e. The van der Waals surface area contributed by atoms with Crippen LogP contribution < -0.4 is 11.5 Å². The molecule has 0 fully saturated rings. The van der Waals surface area contributed by atoms with E-state index in [0.29, 0.717) is 0 Å². The summed E-state index contributed by atoms with van der Waals surface area (Å²) in [5.41, 5.74) is 8.66. The fourth-order valence-corrected chi connectivity index (χ4v) is 0.724. The highest BCUT2D eigenvalue weighted by Crippen LogP contribution is 1.74. The first-order chi connectivity index (χ1) is 9.13. The van der Waals surface area contributed by atoms with E-state index < -0.39 is 12.2 Å². The summed E-state index contributed by atoms with van der Waals surface area (Å²) in [6.07, 6.45) is 4.62. The molecule has 0 atom stereocenters. The monoisotopic (exact) mass is 262 g/mol. The average molecular weight is 262 g/mol. The molecule has 0 aliphatic carbocycles. The Hall–Kier alpha value is -2.96. The molecule has 2 heterocycles. The standard InChI is InChI=1S/2C5H5N.C2H4N2O3/c2*1-2-4-6-5-3-1;3-1(5)7-2(4)6/h2*1-5H;(H2,3,5)(H2,4,6). The van der Waals surface area contributed by atoms with E-state index in [1.807, 2.05) is 36.4 Å². The topological polar surface area (TPSA) is 121 Å². The zero-order valence-corrected chi connectivity index (χ0v) is 10.0. The number of nitrogens with zero attached hydrogens (tertiary/aromatic N) is 2. The van der Waals surface area contributed by atoms with E-state index in [9.17, 15) is 9.59 Å². The van der Waals surface area contributed by atoms with Gasteiger partial charge in [-0.3, -0.25) is 9.97 Å². The highest BCUT2D eigenvalue weighted by molar-refractivity contribution is 5.81. The number of carbonyl (C=O) groups excluding carboxylic acids is 2. The fraction of sp³-hybridized carbons (Fsp3) is 0. The molecule has 0 aliphatic heterocycles. The Bertz CT molecular complexity index is 354. The van der Waals surface area contributed by atoms with Gasteiger partial charge in [-0.25, -0.2) is 9.59 Å². The van der Waals surface area contributed by atoms with Crippen molar-refractivity contribution in [1.29, 1.82) is 0 Å². The molecule has 7 nitrogen and oxygen atoms in total. The minimum absolute atomic E-state index is 1.19. The van der Waals surface area contributed by atoms with Crippen molar-refractivity contribution in [3.05, 3.63) is 61.2 Å². The van der Waals surface area contributed by atoms with Crippen LogP contribution in [0.4, 0.5) is 9.59 Å². The molecule has 0 saturated heterocycles. The van der Waals surface area contributed by atoms with Gasteiger partial charge in [0.2, 0.25) is 0 Å². The summed E-state index contributed by atoms with van der Waals surface area (Å²) in [4.78, 5) is 26.6. The van der Waals surface area contributed by atoms with Gasteiger partial charge in [-0.15, -0.1) is 0 Å². The van der Waals surface area contributed by atoms with Gasteiger partial charge in [-0.05, 0) is 24.3 Å². The summed E-state index contributed by atoms with van der Waals surface area (Å²) in [6.45, 7) is 0. The Balaban J connectivity index is 0.000000256. The molecule has 0 bridgehead atoms. The molecule has 0 spiro atoms. The van der Waals surface area contributed by atoms with Gasteiger partial charge in [0.15, 0.2) is 0 Å². The molecule has 100 valence electrons. The van der Waals surface area contributed by atoms with Crippen LogP contribution >= 0.6 is 0 Å². The van der Waals surface area contributed by atoms with Crippen LogP contribution in [0.25, 0.3) is 0 Å². The first-order valence-corrected chi connectivity index (χ1v) is 5.09. The number of pyridine rings is 2. The number of hydrogen-bond acceptors (Lipinski definition) is 5. The van der Waals surface area contributed by atoms with Crippen LogP contribution in [-0.4, -0.2) is 22.2 Å². The lowest BCUT2D eigenvalue weighted by Crippen LogP contribution is -2.22. The third-order valence-corrected chi connectivity index (χ3v) is 1.33. The Morgan fingerprint density at radius 1 is 0.684 bits per heavy atom. The summed E-state index contributed by atoms with van der Waals surface area (Å²) in [5.74, 6) is 0. The van der Waals surface area contributed by atoms with Crippen molar-refractivity contribution < 1.29 is 14.3 Å². The van der Waals surface area contributed by atoms with Gasteiger partial charge in [0.25, 0.3) is 0 Å². The second-order valence-electron chi connectivity index (χ2n) is 2.79. The van der Waals surface area contributed by atoms with Crippen LogP contribution in [0.3, 0.4) is 0 Å². The third-order valence-electron chi connectivity index (χ3n) is 1.33. The van der Waals surface area contributed by atoms with E-state index in [2.05, 4.69) is 26.2 Å². The highest BCUT2D eigenvalue weighted by atomic mass is 16.6.